The van der Waals surface area contributed by atoms with Crippen LogP contribution < -0.4 is 0 Å². The Morgan fingerprint density at radius 1 is 0.312 bits per heavy atom. The Bertz CT molecular complexity index is 4560. The minimum absolute atomic E-state index is 0.394. The van der Waals surface area contributed by atoms with Gasteiger partial charge in [-0.1, -0.05) is 261 Å². The van der Waals surface area contributed by atoms with Crippen LogP contribution in [0, 0.1) is 0 Å². The van der Waals surface area contributed by atoms with Crippen LogP contribution >= 0.6 is 0 Å². The SMILES string of the molecule is c1ccc(-c2nc(Cn3c4ccccc4c4ccc5c(c43)-c3ccccc3C5(c3ccccc3)c3ccccc3)nc(-n3c4ccccc4c4ccc5c(c43)-c3ccccc3C5(c3ccccc3)c3ccccc3)n2)cc1. The average molecular weight is 982 g/mol. The Morgan fingerprint density at radius 3 is 1.26 bits per heavy atom. The maximum atomic E-state index is 5.71. The lowest BCUT2D eigenvalue weighted by Crippen LogP contribution is -2.28. The van der Waals surface area contributed by atoms with E-state index in [0.717, 1.165) is 38.4 Å². The second-order valence-electron chi connectivity index (χ2n) is 20.5. The molecule has 360 valence electrons. The molecule has 14 aromatic rings. The van der Waals surface area contributed by atoms with Crippen molar-refractivity contribution < 1.29 is 0 Å². The topological polar surface area (TPSA) is 48.5 Å². The first kappa shape index (κ1) is 43.4. The fraction of sp³-hybridized carbons (Fsp3) is 0.0417. The van der Waals surface area contributed by atoms with Crippen LogP contribution in [0.3, 0.4) is 0 Å². The van der Waals surface area contributed by atoms with Gasteiger partial charge in [0.2, 0.25) is 5.95 Å². The van der Waals surface area contributed by atoms with Crippen LogP contribution in [0.5, 0.6) is 0 Å². The summed E-state index contributed by atoms with van der Waals surface area (Å²) in [6.45, 7) is 0.394. The lowest BCUT2D eigenvalue weighted by Gasteiger charge is -2.33. The Hall–Kier alpha value is -9.97. The van der Waals surface area contributed by atoms with Crippen LogP contribution in [0.4, 0.5) is 0 Å². The summed E-state index contributed by atoms with van der Waals surface area (Å²) in [6.07, 6.45) is 0. The smallest absolute Gasteiger partial charge is 0.238 e. The summed E-state index contributed by atoms with van der Waals surface area (Å²) in [4.78, 5) is 16.7. The molecule has 0 fully saturated rings. The highest BCUT2D eigenvalue weighted by atomic mass is 15.2. The molecule has 3 heterocycles. The molecule has 2 aliphatic carbocycles. The van der Waals surface area contributed by atoms with Gasteiger partial charge >= 0.3 is 0 Å². The summed E-state index contributed by atoms with van der Waals surface area (Å²) in [5, 5.41) is 4.67. The number of aromatic nitrogens is 5. The maximum Gasteiger partial charge on any atom is 0.238 e. The largest absolute Gasteiger partial charge is 0.332 e. The molecule has 0 aliphatic heterocycles. The van der Waals surface area contributed by atoms with Crippen LogP contribution in [0.2, 0.25) is 0 Å². The van der Waals surface area contributed by atoms with E-state index >= 15 is 0 Å². The number of rotatable bonds is 8. The molecule has 11 aromatic carbocycles. The van der Waals surface area contributed by atoms with E-state index in [1.54, 1.807) is 0 Å². The Kier molecular flexibility index (Phi) is 9.46. The third kappa shape index (κ3) is 6.02. The molecule has 3 aromatic heterocycles. The molecule has 0 bridgehead atoms. The van der Waals surface area contributed by atoms with E-state index in [1.165, 1.54) is 77.5 Å². The van der Waals surface area contributed by atoms with Crippen molar-refractivity contribution in [3.05, 3.63) is 323 Å². The summed E-state index contributed by atoms with van der Waals surface area (Å²) in [6, 6.07) is 99.6. The number of nitrogens with zero attached hydrogens (tertiary/aromatic N) is 5. The number of hydrogen-bond donors (Lipinski definition) is 0. The van der Waals surface area contributed by atoms with E-state index < -0.39 is 10.8 Å². The van der Waals surface area contributed by atoms with Gasteiger partial charge in [0.25, 0.3) is 0 Å². The molecule has 77 heavy (non-hydrogen) atoms. The molecule has 0 unspecified atom stereocenters. The molecule has 2 aliphatic rings. The summed E-state index contributed by atoms with van der Waals surface area (Å²) in [5.41, 5.74) is 18.9. The van der Waals surface area contributed by atoms with E-state index in [4.69, 9.17) is 15.0 Å². The molecule has 0 amide bonds. The highest BCUT2D eigenvalue weighted by molar-refractivity contribution is 6.17. The second kappa shape index (κ2) is 16.8. The maximum absolute atomic E-state index is 5.71. The Morgan fingerprint density at radius 2 is 0.727 bits per heavy atom. The lowest BCUT2D eigenvalue weighted by molar-refractivity contribution is 0.762. The van der Waals surface area contributed by atoms with Crippen LogP contribution in [0.25, 0.3) is 83.2 Å². The van der Waals surface area contributed by atoms with Gasteiger partial charge < -0.3 is 4.57 Å². The van der Waals surface area contributed by atoms with E-state index in [9.17, 15) is 0 Å². The van der Waals surface area contributed by atoms with Gasteiger partial charge in [0.1, 0.15) is 0 Å². The van der Waals surface area contributed by atoms with Crippen molar-refractivity contribution in [1.29, 1.82) is 0 Å². The van der Waals surface area contributed by atoms with Crippen molar-refractivity contribution in [1.82, 2.24) is 24.1 Å². The minimum Gasteiger partial charge on any atom is -0.332 e. The molecular formula is C72H47N5. The third-order valence-corrected chi connectivity index (χ3v) is 16.8. The number of fused-ring (bicyclic) bond motifs is 14. The highest BCUT2D eigenvalue weighted by Gasteiger charge is 2.49. The fourth-order valence-corrected chi connectivity index (χ4v) is 13.9. The third-order valence-electron chi connectivity index (χ3n) is 16.8. The molecule has 0 atom stereocenters. The highest BCUT2D eigenvalue weighted by Crippen LogP contribution is 2.60. The van der Waals surface area contributed by atoms with Crippen molar-refractivity contribution >= 4 is 43.6 Å². The van der Waals surface area contributed by atoms with E-state index in [0.29, 0.717) is 24.1 Å². The Balaban J connectivity index is 0.986. The molecule has 0 radical (unpaired) electrons. The van der Waals surface area contributed by atoms with Crippen molar-refractivity contribution in [3.63, 3.8) is 0 Å². The summed E-state index contributed by atoms with van der Waals surface area (Å²) < 4.78 is 4.81. The number of benzene rings is 11. The van der Waals surface area contributed by atoms with Crippen LogP contribution in [0.1, 0.15) is 50.3 Å². The van der Waals surface area contributed by atoms with Gasteiger partial charge in [-0.05, 0) is 67.8 Å². The number of hydrogen-bond acceptors (Lipinski definition) is 3. The zero-order valence-corrected chi connectivity index (χ0v) is 41.9. The van der Waals surface area contributed by atoms with Gasteiger partial charge in [0.15, 0.2) is 11.6 Å². The van der Waals surface area contributed by atoms with Gasteiger partial charge in [-0.2, -0.15) is 9.97 Å². The average Bonchev–Trinajstić information content (AvgIpc) is 4.35. The zero-order chi connectivity index (χ0) is 50.7. The minimum atomic E-state index is -0.586. The fourth-order valence-electron chi connectivity index (χ4n) is 13.9. The quantitative estimate of drug-likeness (QED) is 0.152. The van der Waals surface area contributed by atoms with Gasteiger partial charge in [-0.3, -0.25) is 4.57 Å². The first-order chi connectivity index (χ1) is 38.2. The molecule has 0 spiro atoms. The van der Waals surface area contributed by atoms with Gasteiger partial charge in [-0.25, -0.2) is 4.98 Å². The number of para-hydroxylation sites is 2. The van der Waals surface area contributed by atoms with Crippen LogP contribution in [-0.4, -0.2) is 24.1 Å². The Labute approximate surface area is 445 Å². The summed E-state index contributed by atoms with van der Waals surface area (Å²) >= 11 is 0. The van der Waals surface area contributed by atoms with Crippen molar-refractivity contribution in [3.8, 4) is 39.6 Å². The molecule has 16 rings (SSSR count). The lowest BCUT2D eigenvalue weighted by atomic mass is 9.67. The van der Waals surface area contributed by atoms with Gasteiger partial charge in [0.05, 0.1) is 33.9 Å². The van der Waals surface area contributed by atoms with E-state index in [2.05, 4.69) is 276 Å². The standard InChI is InChI=1S/C72H47N5/c1-6-24-47(25-7-1)69-73-64(46-76-62-40-22-18-34-52(62)54-42-44-60-65(67(54)76)56-36-16-20-38-58(56)71(60,48-26-8-2-9-27-48)49-28-10-3-11-29-49)74-70(75-69)77-63-41-23-19-35-53(63)55-43-45-61-66(68(55)77)57-37-17-21-39-59(57)72(61,50-30-12-4-13-31-50)51-32-14-5-15-33-51/h1-45H,46H2. The molecular weight excluding hydrogens is 935 g/mol. The normalized spacial score (nSPS) is 13.7. The van der Waals surface area contributed by atoms with Crippen LogP contribution in [0.15, 0.2) is 273 Å². The van der Waals surface area contributed by atoms with E-state index in [-0.39, 0.29) is 0 Å². The predicted molar refractivity (Wildman–Crippen MR) is 313 cm³/mol. The molecule has 5 heteroatoms. The van der Waals surface area contributed by atoms with Crippen molar-refractivity contribution in [2.24, 2.45) is 0 Å². The molecule has 0 saturated carbocycles. The van der Waals surface area contributed by atoms with Crippen LogP contribution in [-0.2, 0) is 17.4 Å². The van der Waals surface area contributed by atoms with Crippen molar-refractivity contribution in [2.45, 2.75) is 17.4 Å². The molecule has 0 N–H and O–H groups in total. The zero-order valence-electron chi connectivity index (χ0n) is 41.9. The summed E-state index contributed by atoms with van der Waals surface area (Å²) in [5.74, 6) is 1.86. The van der Waals surface area contributed by atoms with Crippen molar-refractivity contribution in [2.75, 3.05) is 0 Å². The van der Waals surface area contributed by atoms with Gasteiger partial charge in [0, 0.05) is 43.8 Å². The van der Waals surface area contributed by atoms with E-state index in [1.807, 2.05) is 6.07 Å². The first-order valence-electron chi connectivity index (χ1n) is 26.6. The monoisotopic (exact) mass is 981 g/mol. The molecule has 5 nitrogen and oxygen atoms in total. The predicted octanol–water partition coefficient (Wildman–Crippen LogP) is 16.5. The summed E-state index contributed by atoms with van der Waals surface area (Å²) in [7, 11) is 0. The second-order valence-corrected chi connectivity index (χ2v) is 20.5. The molecule has 0 saturated heterocycles. The van der Waals surface area contributed by atoms with Gasteiger partial charge in [-0.15, -0.1) is 0 Å². The first-order valence-corrected chi connectivity index (χ1v) is 26.6.